The Bertz CT molecular complexity index is 1470. The van der Waals surface area contributed by atoms with Crippen LogP contribution in [0.2, 0.25) is 0 Å². The van der Waals surface area contributed by atoms with Crippen LogP contribution in [0.5, 0.6) is 0 Å². The van der Waals surface area contributed by atoms with Crippen molar-refractivity contribution >= 4 is 28.0 Å². The normalized spacial score (nSPS) is 13.5. The molecule has 0 spiro atoms. The number of carbonyl (C=O) groups excluding carboxylic acids is 1. The summed E-state index contributed by atoms with van der Waals surface area (Å²) >= 11 is 1.28. The molecular formula is C25H21F2N3O2S. The molecule has 168 valence electrons. The number of nitrogens with zero attached hydrogens (tertiary/aromatic N) is 2. The maximum atomic E-state index is 14.8. The number of carbonyl (C=O) groups is 1. The first-order valence-corrected chi connectivity index (χ1v) is 11.5. The lowest BCUT2D eigenvalue weighted by molar-refractivity contribution is 0.0951. The van der Waals surface area contributed by atoms with E-state index in [2.05, 4.69) is 10.3 Å². The smallest absolute Gasteiger partial charge is 0.268 e. The molecular weight excluding hydrogens is 444 g/mol. The molecule has 5 rings (SSSR count). The molecule has 1 aliphatic carbocycles. The third-order valence-electron chi connectivity index (χ3n) is 5.99. The Morgan fingerprint density at radius 2 is 1.88 bits per heavy atom. The summed E-state index contributed by atoms with van der Waals surface area (Å²) in [5.74, 6) is -1.24. The molecule has 2 aromatic heterocycles. The monoisotopic (exact) mass is 465 g/mol. The van der Waals surface area contributed by atoms with Crippen molar-refractivity contribution in [3.8, 4) is 5.13 Å². The molecule has 8 heteroatoms. The van der Waals surface area contributed by atoms with E-state index in [1.807, 2.05) is 6.92 Å². The molecule has 2 aromatic carbocycles. The lowest BCUT2D eigenvalue weighted by Gasteiger charge is -2.17. The molecule has 0 radical (unpaired) electrons. The first-order valence-electron chi connectivity index (χ1n) is 10.7. The maximum absolute atomic E-state index is 14.8. The van der Waals surface area contributed by atoms with Gasteiger partial charge in [0.25, 0.3) is 11.5 Å². The Kier molecular flexibility index (Phi) is 5.32. The molecule has 1 aliphatic rings. The van der Waals surface area contributed by atoms with Gasteiger partial charge >= 0.3 is 0 Å². The van der Waals surface area contributed by atoms with Crippen LogP contribution in [0.3, 0.4) is 0 Å². The van der Waals surface area contributed by atoms with Crippen LogP contribution >= 0.6 is 11.3 Å². The van der Waals surface area contributed by atoms with E-state index in [-0.39, 0.29) is 34.6 Å². The van der Waals surface area contributed by atoms with Crippen molar-refractivity contribution in [2.45, 2.75) is 39.2 Å². The first-order chi connectivity index (χ1) is 15.9. The summed E-state index contributed by atoms with van der Waals surface area (Å²) in [5, 5.41) is 3.31. The minimum atomic E-state index is -0.699. The van der Waals surface area contributed by atoms with E-state index in [1.54, 1.807) is 31.3 Å². The Hall–Kier alpha value is -3.39. The van der Waals surface area contributed by atoms with Gasteiger partial charge in [-0.05, 0) is 55.9 Å². The van der Waals surface area contributed by atoms with Crippen molar-refractivity contribution in [3.05, 3.63) is 91.8 Å². The minimum absolute atomic E-state index is 0.133. The fourth-order valence-corrected chi connectivity index (χ4v) is 5.12. The molecule has 0 aliphatic heterocycles. The number of pyridine rings is 1. The van der Waals surface area contributed by atoms with Crippen molar-refractivity contribution in [3.63, 3.8) is 0 Å². The second-order valence-corrected chi connectivity index (χ2v) is 9.50. The standard InChI is InChI=1S/C25H21F2N3O2S/c1-13-11-29-25(33-13)30-14(2)20(17-6-4-8-19(27)22(17)24(30)32)23(31)28-12-16-5-3-7-18(26)21(16)15-9-10-15/h3-8,11,15H,9-10,12H2,1-2H3,(H,28,31). The highest BCUT2D eigenvalue weighted by Crippen LogP contribution is 2.43. The van der Waals surface area contributed by atoms with Crippen LogP contribution in [0.4, 0.5) is 8.78 Å². The van der Waals surface area contributed by atoms with Crippen LogP contribution in [0.1, 0.15) is 50.8 Å². The van der Waals surface area contributed by atoms with Crippen molar-refractivity contribution in [1.82, 2.24) is 14.9 Å². The second-order valence-electron chi connectivity index (χ2n) is 8.29. The maximum Gasteiger partial charge on any atom is 0.268 e. The molecule has 1 fully saturated rings. The van der Waals surface area contributed by atoms with Crippen LogP contribution in [0, 0.1) is 25.5 Å². The van der Waals surface area contributed by atoms with Gasteiger partial charge in [-0.2, -0.15) is 0 Å². The minimum Gasteiger partial charge on any atom is -0.348 e. The van der Waals surface area contributed by atoms with Crippen molar-refractivity contribution in [1.29, 1.82) is 0 Å². The second kappa shape index (κ2) is 8.19. The number of aryl methyl sites for hydroxylation is 1. The fraction of sp³-hybridized carbons (Fsp3) is 0.240. The lowest BCUT2D eigenvalue weighted by Crippen LogP contribution is -2.30. The third kappa shape index (κ3) is 3.74. The summed E-state index contributed by atoms with van der Waals surface area (Å²) in [7, 11) is 0. The van der Waals surface area contributed by atoms with Crippen molar-refractivity contribution < 1.29 is 13.6 Å². The third-order valence-corrected chi connectivity index (χ3v) is 6.89. The van der Waals surface area contributed by atoms with Crippen molar-refractivity contribution in [2.24, 2.45) is 0 Å². The molecule has 1 amide bonds. The number of aromatic nitrogens is 2. The Balaban J connectivity index is 1.61. The Morgan fingerprint density at radius 1 is 1.15 bits per heavy atom. The molecule has 0 atom stereocenters. The number of hydrogen-bond acceptors (Lipinski definition) is 4. The molecule has 0 unspecified atom stereocenters. The fourth-order valence-electron chi connectivity index (χ4n) is 4.31. The van der Waals surface area contributed by atoms with E-state index in [9.17, 15) is 18.4 Å². The summed E-state index contributed by atoms with van der Waals surface area (Å²) in [6.07, 6.45) is 3.49. The number of nitrogens with one attached hydrogen (secondary N) is 1. The van der Waals surface area contributed by atoms with Gasteiger partial charge in [0.05, 0.1) is 10.9 Å². The van der Waals surface area contributed by atoms with E-state index in [4.69, 9.17) is 0 Å². The highest BCUT2D eigenvalue weighted by molar-refractivity contribution is 7.14. The zero-order valence-corrected chi connectivity index (χ0v) is 18.9. The average molecular weight is 466 g/mol. The van der Waals surface area contributed by atoms with E-state index >= 15 is 0 Å². The quantitative estimate of drug-likeness (QED) is 0.443. The number of amides is 1. The number of fused-ring (bicyclic) bond motifs is 1. The number of hydrogen-bond donors (Lipinski definition) is 1. The molecule has 4 aromatic rings. The SMILES string of the molecule is Cc1cnc(-n2c(C)c(C(=O)NCc3cccc(F)c3C3CC3)c3cccc(F)c3c2=O)s1. The van der Waals surface area contributed by atoms with Crippen LogP contribution in [-0.4, -0.2) is 15.5 Å². The summed E-state index contributed by atoms with van der Waals surface area (Å²) < 4.78 is 30.4. The van der Waals surface area contributed by atoms with Crippen LogP contribution in [0.25, 0.3) is 15.9 Å². The number of halogens is 2. The van der Waals surface area contributed by atoms with Gasteiger partial charge in [-0.3, -0.25) is 14.2 Å². The van der Waals surface area contributed by atoms with Gasteiger partial charge in [-0.15, -0.1) is 11.3 Å². The summed E-state index contributed by atoms with van der Waals surface area (Å²) in [6.45, 7) is 3.64. The molecule has 0 bridgehead atoms. The van der Waals surface area contributed by atoms with Crippen LogP contribution < -0.4 is 10.9 Å². The van der Waals surface area contributed by atoms with Crippen LogP contribution in [-0.2, 0) is 6.54 Å². The molecule has 1 N–H and O–H groups in total. The van der Waals surface area contributed by atoms with Gasteiger partial charge in [0.1, 0.15) is 11.6 Å². The van der Waals surface area contributed by atoms with E-state index in [0.29, 0.717) is 16.4 Å². The first kappa shape index (κ1) is 21.5. The molecule has 5 nitrogen and oxygen atoms in total. The zero-order chi connectivity index (χ0) is 23.3. The lowest BCUT2D eigenvalue weighted by atomic mass is 10.0. The van der Waals surface area contributed by atoms with E-state index in [1.165, 1.54) is 34.1 Å². The average Bonchev–Trinajstić information content (AvgIpc) is 3.52. The zero-order valence-electron chi connectivity index (χ0n) is 18.1. The molecule has 2 heterocycles. The topological polar surface area (TPSA) is 64.0 Å². The van der Waals surface area contributed by atoms with Gasteiger partial charge in [0, 0.05) is 28.7 Å². The Morgan fingerprint density at radius 3 is 2.58 bits per heavy atom. The highest BCUT2D eigenvalue weighted by Gasteiger charge is 2.29. The molecule has 1 saturated carbocycles. The number of thiazole rings is 1. The highest BCUT2D eigenvalue weighted by atomic mass is 32.1. The molecule has 33 heavy (non-hydrogen) atoms. The largest absolute Gasteiger partial charge is 0.348 e. The van der Waals surface area contributed by atoms with Gasteiger partial charge in [0.2, 0.25) is 0 Å². The summed E-state index contributed by atoms with van der Waals surface area (Å²) in [5.41, 5.74) is 1.37. The predicted molar refractivity (Wildman–Crippen MR) is 124 cm³/mol. The number of rotatable bonds is 5. The summed E-state index contributed by atoms with van der Waals surface area (Å²) in [6, 6.07) is 9.11. The van der Waals surface area contributed by atoms with E-state index < -0.39 is 17.3 Å². The van der Waals surface area contributed by atoms with Gasteiger partial charge < -0.3 is 5.32 Å². The molecule has 0 saturated heterocycles. The van der Waals surface area contributed by atoms with Gasteiger partial charge in [0.15, 0.2) is 5.13 Å². The summed E-state index contributed by atoms with van der Waals surface area (Å²) in [4.78, 5) is 31.8. The Labute approximate surface area is 192 Å². The number of benzene rings is 2. The van der Waals surface area contributed by atoms with Gasteiger partial charge in [-0.25, -0.2) is 13.8 Å². The van der Waals surface area contributed by atoms with E-state index in [0.717, 1.165) is 23.3 Å². The van der Waals surface area contributed by atoms with Crippen LogP contribution in [0.15, 0.2) is 47.4 Å². The van der Waals surface area contributed by atoms with Crippen molar-refractivity contribution in [2.75, 3.05) is 0 Å². The van der Waals surface area contributed by atoms with Gasteiger partial charge in [-0.1, -0.05) is 24.3 Å². The predicted octanol–water partition coefficient (Wildman–Crippen LogP) is 5.15.